The van der Waals surface area contributed by atoms with E-state index in [1.165, 1.54) is 22.3 Å². The van der Waals surface area contributed by atoms with E-state index in [1.807, 2.05) is 18.3 Å². The van der Waals surface area contributed by atoms with E-state index in [0.717, 1.165) is 55.4 Å². The van der Waals surface area contributed by atoms with Crippen molar-refractivity contribution < 1.29 is 0 Å². The maximum atomic E-state index is 5.35. The first kappa shape index (κ1) is 24.6. The Labute approximate surface area is 254 Å². The molecule has 0 aliphatic carbocycles. The van der Waals surface area contributed by atoms with Gasteiger partial charge in [-0.25, -0.2) is 4.98 Å². The average molecular weight is 563 g/mol. The van der Waals surface area contributed by atoms with Crippen LogP contribution in [0.1, 0.15) is 0 Å². The minimum Gasteiger partial charge on any atom is -0.308 e. The standard InChI is InChI=1S/C40H26N4/c1-3-10-27(11-4-1)29-17-21-31(22-18-29)43-34-15-8-7-14-33(34)38-36(43)26-37-40(42-38)39-35(16-9-25-41-39)44(37)32-23-19-30(20-24-32)28-12-5-2-6-13-28/h1-26H. The number of pyridine rings is 2. The van der Waals surface area contributed by atoms with Crippen molar-refractivity contribution in [2.75, 3.05) is 0 Å². The smallest absolute Gasteiger partial charge is 0.116 e. The van der Waals surface area contributed by atoms with Gasteiger partial charge in [-0.05, 0) is 70.8 Å². The van der Waals surface area contributed by atoms with Crippen molar-refractivity contribution in [1.82, 2.24) is 19.1 Å². The van der Waals surface area contributed by atoms with Crippen LogP contribution in [0.4, 0.5) is 0 Å². The van der Waals surface area contributed by atoms with Crippen molar-refractivity contribution >= 4 is 44.0 Å². The second-order valence-electron chi connectivity index (χ2n) is 11.1. The normalized spacial score (nSPS) is 11.6. The minimum absolute atomic E-state index is 0.903. The van der Waals surface area contributed by atoms with E-state index in [0.29, 0.717) is 0 Å². The van der Waals surface area contributed by atoms with Gasteiger partial charge in [-0.15, -0.1) is 0 Å². The number of fused-ring (bicyclic) bond motifs is 6. The van der Waals surface area contributed by atoms with Gasteiger partial charge in [0, 0.05) is 23.0 Å². The van der Waals surface area contributed by atoms with E-state index in [1.54, 1.807) is 0 Å². The van der Waals surface area contributed by atoms with Gasteiger partial charge >= 0.3 is 0 Å². The molecule has 0 spiro atoms. The van der Waals surface area contributed by atoms with Crippen LogP contribution in [0.5, 0.6) is 0 Å². The number of hydrogen-bond donors (Lipinski definition) is 0. The van der Waals surface area contributed by atoms with Gasteiger partial charge in [0.2, 0.25) is 0 Å². The molecule has 44 heavy (non-hydrogen) atoms. The molecule has 4 heteroatoms. The van der Waals surface area contributed by atoms with E-state index >= 15 is 0 Å². The lowest BCUT2D eigenvalue weighted by atomic mass is 10.1. The predicted molar refractivity (Wildman–Crippen MR) is 182 cm³/mol. The molecule has 4 aromatic heterocycles. The highest BCUT2D eigenvalue weighted by Gasteiger charge is 2.20. The summed E-state index contributed by atoms with van der Waals surface area (Å²) in [5, 5.41) is 1.13. The highest BCUT2D eigenvalue weighted by atomic mass is 15.0. The van der Waals surface area contributed by atoms with Gasteiger partial charge in [-0.2, -0.15) is 0 Å². The first-order chi connectivity index (χ1) is 21.8. The van der Waals surface area contributed by atoms with Gasteiger partial charge in [-0.3, -0.25) is 4.98 Å². The second kappa shape index (κ2) is 9.79. The summed E-state index contributed by atoms with van der Waals surface area (Å²) in [4.78, 5) is 10.2. The Kier molecular flexibility index (Phi) is 5.47. The third kappa shape index (κ3) is 3.78. The van der Waals surface area contributed by atoms with Crippen LogP contribution in [0.2, 0.25) is 0 Å². The lowest BCUT2D eigenvalue weighted by Crippen LogP contribution is -1.96. The van der Waals surface area contributed by atoms with Gasteiger partial charge in [0.05, 0.1) is 27.6 Å². The maximum Gasteiger partial charge on any atom is 0.116 e. The zero-order valence-electron chi connectivity index (χ0n) is 23.8. The summed E-state index contributed by atoms with van der Waals surface area (Å²) in [6, 6.07) is 53.5. The molecule has 4 nitrogen and oxygen atoms in total. The van der Waals surface area contributed by atoms with Crippen molar-refractivity contribution in [3.8, 4) is 33.6 Å². The molecule has 0 bridgehead atoms. The first-order valence-electron chi connectivity index (χ1n) is 14.8. The summed E-state index contributed by atoms with van der Waals surface area (Å²) in [7, 11) is 0. The highest BCUT2D eigenvalue weighted by molar-refractivity contribution is 6.14. The Morgan fingerprint density at radius 3 is 1.50 bits per heavy atom. The molecule has 206 valence electrons. The fourth-order valence-electron chi connectivity index (χ4n) is 6.52. The van der Waals surface area contributed by atoms with Crippen LogP contribution in [-0.4, -0.2) is 19.1 Å². The third-order valence-electron chi connectivity index (χ3n) is 8.58. The number of nitrogens with zero attached hydrogens (tertiary/aromatic N) is 4. The molecule has 0 unspecified atom stereocenters. The van der Waals surface area contributed by atoms with Crippen molar-refractivity contribution in [3.63, 3.8) is 0 Å². The van der Waals surface area contributed by atoms with Crippen molar-refractivity contribution in [2.24, 2.45) is 0 Å². The van der Waals surface area contributed by atoms with E-state index in [-0.39, 0.29) is 0 Å². The quantitative estimate of drug-likeness (QED) is 0.214. The average Bonchev–Trinajstić information content (AvgIpc) is 3.60. The summed E-state index contributed by atoms with van der Waals surface area (Å²) in [6.07, 6.45) is 1.86. The largest absolute Gasteiger partial charge is 0.308 e. The van der Waals surface area contributed by atoms with Crippen molar-refractivity contribution in [2.45, 2.75) is 0 Å². The molecular weight excluding hydrogens is 536 g/mol. The van der Waals surface area contributed by atoms with Crippen LogP contribution in [0.25, 0.3) is 77.6 Å². The van der Waals surface area contributed by atoms with Gasteiger partial charge in [0.25, 0.3) is 0 Å². The molecule has 0 atom stereocenters. The van der Waals surface area contributed by atoms with E-state index in [2.05, 4.69) is 149 Å². The predicted octanol–water partition coefficient (Wildman–Crippen LogP) is 10.0. The summed E-state index contributed by atoms with van der Waals surface area (Å²) in [5.74, 6) is 0. The first-order valence-corrected chi connectivity index (χ1v) is 14.8. The molecule has 0 aliphatic heterocycles. The van der Waals surface area contributed by atoms with E-state index < -0.39 is 0 Å². The molecule has 9 aromatic rings. The summed E-state index contributed by atoms with van der Waals surface area (Å²) in [5.41, 5.74) is 14.0. The van der Waals surface area contributed by atoms with E-state index in [9.17, 15) is 0 Å². The van der Waals surface area contributed by atoms with Gasteiger partial charge in [0.1, 0.15) is 11.0 Å². The maximum absolute atomic E-state index is 5.35. The monoisotopic (exact) mass is 562 g/mol. The van der Waals surface area contributed by atoms with Crippen molar-refractivity contribution in [3.05, 3.63) is 158 Å². The van der Waals surface area contributed by atoms with Crippen LogP contribution in [0.15, 0.2) is 158 Å². The highest BCUT2D eigenvalue weighted by Crippen LogP contribution is 2.37. The Bertz CT molecular complexity index is 2280. The van der Waals surface area contributed by atoms with Crippen LogP contribution in [0.3, 0.4) is 0 Å². The Morgan fingerprint density at radius 1 is 0.364 bits per heavy atom. The Morgan fingerprint density at radius 2 is 0.864 bits per heavy atom. The zero-order chi connectivity index (χ0) is 29.0. The molecule has 9 rings (SSSR count). The fourth-order valence-corrected chi connectivity index (χ4v) is 6.52. The molecule has 0 saturated heterocycles. The number of para-hydroxylation sites is 1. The molecule has 0 saturated carbocycles. The van der Waals surface area contributed by atoms with E-state index in [4.69, 9.17) is 9.97 Å². The lowest BCUT2D eigenvalue weighted by Gasteiger charge is -2.11. The lowest BCUT2D eigenvalue weighted by molar-refractivity contribution is 1.16. The number of benzene rings is 5. The molecule has 0 aliphatic rings. The zero-order valence-corrected chi connectivity index (χ0v) is 23.8. The van der Waals surface area contributed by atoms with Gasteiger partial charge < -0.3 is 9.13 Å². The number of aromatic nitrogens is 4. The Hall–Kier alpha value is -6.00. The SMILES string of the molecule is c1ccc(-c2ccc(-n3c4ccccc4c4nc5c6ncccc6n(-c6ccc(-c7ccccc7)cc6)c5cc43)cc2)cc1. The third-order valence-corrected chi connectivity index (χ3v) is 8.58. The molecule has 4 heterocycles. The van der Waals surface area contributed by atoms with Crippen LogP contribution in [-0.2, 0) is 0 Å². The molecule has 0 N–H and O–H groups in total. The summed E-state index contributed by atoms with van der Waals surface area (Å²) in [6.45, 7) is 0. The summed E-state index contributed by atoms with van der Waals surface area (Å²) < 4.78 is 4.62. The van der Waals surface area contributed by atoms with Crippen molar-refractivity contribution in [1.29, 1.82) is 0 Å². The van der Waals surface area contributed by atoms with Gasteiger partial charge in [-0.1, -0.05) is 103 Å². The topological polar surface area (TPSA) is 35.6 Å². The van der Waals surface area contributed by atoms with Crippen LogP contribution < -0.4 is 0 Å². The molecule has 0 amide bonds. The summed E-state index contributed by atoms with van der Waals surface area (Å²) >= 11 is 0. The molecular formula is C40H26N4. The van der Waals surface area contributed by atoms with Crippen LogP contribution >= 0.6 is 0 Å². The second-order valence-corrected chi connectivity index (χ2v) is 11.1. The van der Waals surface area contributed by atoms with Gasteiger partial charge in [0.15, 0.2) is 0 Å². The minimum atomic E-state index is 0.903. The molecule has 0 radical (unpaired) electrons. The Balaban J connectivity index is 1.29. The fraction of sp³-hybridized carbons (Fsp3) is 0. The van der Waals surface area contributed by atoms with Crippen LogP contribution in [0, 0.1) is 0 Å². The molecule has 5 aromatic carbocycles. The molecule has 0 fully saturated rings. The number of rotatable bonds is 4. The number of hydrogen-bond acceptors (Lipinski definition) is 2.